The highest BCUT2D eigenvalue weighted by molar-refractivity contribution is 7.13. The number of para-hydroxylation sites is 1. The molecule has 122 valence electrons. The summed E-state index contributed by atoms with van der Waals surface area (Å²) in [7, 11) is 3.42. The molecule has 1 amide bonds. The lowest BCUT2D eigenvalue weighted by atomic mass is 9.96. The number of fused-ring (bicyclic) bond motifs is 1. The van der Waals surface area contributed by atoms with E-state index in [-0.39, 0.29) is 11.8 Å². The molecule has 2 heterocycles. The molecular weight excluding hydrogens is 314 g/mol. The van der Waals surface area contributed by atoms with Crippen LogP contribution < -0.4 is 20.1 Å². The van der Waals surface area contributed by atoms with Gasteiger partial charge in [0, 0.05) is 24.9 Å². The van der Waals surface area contributed by atoms with Crippen molar-refractivity contribution in [3.63, 3.8) is 0 Å². The molecule has 1 unspecified atom stereocenters. The summed E-state index contributed by atoms with van der Waals surface area (Å²) in [5, 5.41) is 8.34. The third kappa shape index (κ3) is 3.39. The summed E-state index contributed by atoms with van der Waals surface area (Å²) in [4.78, 5) is 16.3. The van der Waals surface area contributed by atoms with Crippen molar-refractivity contribution in [3.05, 3.63) is 34.8 Å². The van der Waals surface area contributed by atoms with Crippen LogP contribution in [-0.2, 0) is 6.42 Å². The van der Waals surface area contributed by atoms with Gasteiger partial charge in [-0.3, -0.25) is 4.79 Å². The molecule has 0 aliphatic carbocycles. The highest BCUT2D eigenvalue weighted by atomic mass is 32.1. The summed E-state index contributed by atoms with van der Waals surface area (Å²) in [6.45, 7) is 1.12. The van der Waals surface area contributed by atoms with Crippen molar-refractivity contribution in [3.8, 4) is 11.5 Å². The Bertz CT molecular complexity index is 702. The number of amides is 1. The van der Waals surface area contributed by atoms with Gasteiger partial charge >= 0.3 is 0 Å². The summed E-state index contributed by atoms with van der Waals surface area (Å²) in [6.07, 6.45) is 0.853. The average Bonchev–Trinajstić information content (AvgIpc) is 3.08. The fourth-order valence-corrected chi connectivity index (χ4v) is 3.22. The van der Waals surface area contributed by atoms with E-state index in [1.165, 1.54) is 11.3 Å². The van der Waals surface area contributed by atoms with Crippen molar-refractivity contribution in [2.24, 2.45) is 5.92 Å². The predicted molar refractivity (Wildman–Crippen MR) is 89.7 cm³/mol. The van der Waals surface area contributed by atoms with E-state index in [1.807, 2.05) is 18.2 Å². The van der Waals surface area contributed by atoms with Gasteiger partial charge in [0.15, 0.2) is 16.6 Å². The standard InChI is InChI=1S/C16H19N3O3S/c1-17-16-19-12(9-23-16)15(20)18-7-10-6-11-4-3-5-13(21-2)14(11)22-8-10/h3-5,9-10H,6-8H2,1-2H3,(H,17,19)(H,18,20). The van der Waals surface area contributed by atoms with E-state index in [2.05, 4.69) is 15.6 Å². The molecule has 1 aromatic heterocycles. The predicted octanol–water partition coefficient (Wildman–Crippen LogP) is 2.17. The fourth-order valence-electron chi connectivity index (χ4n) is 2.57. The normalized spacial score (nSPS) is 16.2. The van der Waals surface area contributed by atoms with E-state index in [0.29, 0.717) is 18.8 Å². The highest BCUT2D eigenvalue weighted by Gasteiger charge is 2.23. The molecule has 0 saturated carbocycles. The minimum absolute atomic E-state index is 0.154. The molecule has 0 spiro atoms. The quantitative estimate of drug-likeness (QED) is 0.877. The van der Waals surface area contributed by atoms with Crippen molar-refractivity contribution in [1.82, 2.24) is 10.3 Å². The van der Waals surface area contributed by atoms with Crippen LogP contribution in [0.15, 0.2) is 23.6 Å². The summed E-state index contributed by atoms with van der Waals surface area (Å²) in [5.74, 6) is 1.66. The Morgan fingerprint density at radius 2 is 2.39 bits per heavy atom. The van der Waals surface area contributed by atoms with Crippen LogP contribution in [0, 0.1) is 5.92 Å². The summed E-state index contributed by atoms with van der Waals surface area (Å²) in [6, 6.07) is 5.88. The van der Waals surface area contributed by atoms with Gasteiger partial charge in [0.1, 0.15) is 5.69 Å². The topological polar surface area (TPSA) is 72.5 Å². The van der Waals surface area contributed by atoms with Crippen LogP contribution in [0.25, 0.3) is 0 Å². The number of benzene rings is 1. The molecule has 1 aliphatic heterocycles. The SMILES string of the molecule is CNc1nc(C(=O)NCC2COc3c(cccc3OC)C2)cs1. The Morgan fingerprint density at radius 1 is 1.52 bits per heavy atom. The van der Waals surface area contributed by atoms with E-state index < -0.39 is 0 Å². The number of rotatable bonds is 5. The zero-order chi connectivity index (χ0) is 16.2. The van der Waals surface area contributed by atoms with Gasteiger partial charge in [-0.05, 0) is 18.1 Å². The number of hydrogen-bond acceptors (Lipinski definition) is 6. The van der Waals surface area contributed by atoms with E-state index in [0.717, 1.165) is 28.6 Å². The lowest BCUT2D eigenvalue weighted by molar-refractivity contribution is 0.0934. The monoisotopic (exact) mass is 333 g/mol. The van der Waals surface area contributed by atoms with Crippen molar-refractivity contribution in [2.45, 2.75) is 6.42 Å². The van der Waals surface area contributed by atoms with Crippen LogP contribution in [0.1, 0.15) is 16.1 Å². The first-order chi connectivity index (χ1) is 11.2. The number of aromatic nitrogens is 1. The van der Waals surface area contributed by atoms with E-state index in [1.54, 1.807) is 19.5 Å². The molecule has 6 nitrogen and oxygen atoms in total. The number of carbonyl (C=O) groups excluding carboxylic acids is 1. The van der Waals surface area contributed by atoms with Crippen molar-refractivity contribution >= 4 is 22.4 Å². The Balaban J connectivity index is 1.58. The summed E-state index contributed by atoms with van der Waals surface area (Å²) in [5.41, 5.74) is 1.55. The first-order valence-corrected chi connectivity index (χ1v) is 8.29. The van der Waals surface area contributed by atoms with E-state index >= 15 is 0 Å². The molecule has 0 saturated heterocycles. The largest absolute Gasteiger partial charge is 0.493 e. The smallest absolute Gasteiger partial charge is 0.270 e. The molecule has 0 fully saturated rings. The van der Waals surface area contributed by atoms with Gasteiger partial charge in [-0.2, -0.15) is 0 Å². The molecule has 1 aliphatic rings. The Kier molecular flexibility index (Phi) is 4.66. The minimum atomic E-state index is -0.154. The van der Waals surface area contributed by atoms with Gasteiger partial charge in [0.05, 0.1) is 13.7 Å². The zero-order valence-corrected chi connectivity index (χ0v) is 13.9. The van der Waals surface area contributed by atoms with Crippen LogP contribution >= 0.6 is 11.3 Å². The Labute approximate surface area is 138 Å². The summed E-state index contributed by atoms with van der Waals surface area (Å²) < 4.78 is 11.1. The first kappa shape index (κ1) is 15.6. The van der Waals surface area contributed by atoms with Crippen LogP contribution in [0.2, 0.25) is 0 Å². The summed E-state index contributed by atoms with van der Waals surface area (Å²) >= 11 is 1.41. The minimum Gasteiger partial charge on any atom is -0.493 e. The molecule has 3 rings (SSSR count). The molecule has 1 aromatic carbocycles. The number of hydrogen-bond donors (Lipinski definition) is 2. The maximum atomic E-state index is 12.1. The Morgan fingerprint density at radius 3 is 3.13 bits per heavy atom. The number of methoxy groups -OCH3 is 1. The number of ether oxygens (including phenoxy) is 2. The maximum Gasteiger partial charge on any atom is 0.270 e. The maximum absolute atomic E-state index is 12.1. The highest BCUT2D eigenvalue weighted by Crippen LogP contribution is 2.35. The second kappa shape index (κ2) is 6.87. The second-order valence-electron chi connectivity index (χ2n) is 5.33. The number of thiazole rings is 1. The van der Waals surface area contributed by atoms with Crippen molar-refractivity contribution in [2.75, 3.05) is 32.6 Å². The third-order valence-electron chi connectivity index (χ3n) is 3.75. The van der Waals surface area contributed by atoms with Gasteiger partial charge in [-0.1, -0.05) is 12.1 Å². The Hall–Kier alpha value is -2.28. The number of anilines is 1. The van der Waals surface area contributed by atoms with Gasteiger partial charge in [-0.25, -0.2) is 4.98 Å². The zero-order valence-electron chi connectivity index (χ0n) is 13.1. The molecule has 2 N–H and O–H groups in total. The van der Waals surface area contributed by atoms with Crippen LogP contribution in [0.4, 0.5) is 5.13 Å². The molecule has 0 bridgehead atoms. The molecule has 23 heavy (non-hydrogen) atoms. The second-order valence-corrected chi connectivity index (χ2v) is 6.19. The molecule has 7 heteroatoms. The number of carbonyl (C=O) groups is 1. The van der Waals surface area contributed by atoms with Crippen molar-refractivity contribution in [1.29, 1.82) is 0 Å². The van der Waals surface area contributed by atoms with Gasteiger partial charge in [0.2, 0.25) is 0 Å². The van der Waals surface area contributed by atoms with Crippen LogP contribution in [-0.4, -0.2) is 38.2 Å². The van der Waals surface area contributed by atoms with Crippen LogP contribution in [0.3, 0.4) is 0 Å². The van der Waals surface area contributed by atoms with Gasteiger partial charge < -0.3 is 20.1 Å². The molecule has 0 radical (unpaired) electrons. The molecule has 2 aromatic rings. The van der Waals surface area contributed by atoms with Crippen LogP contribution in [0.5, 0.6) is 11.5 Å². The molecular formula is C16H19N3O3S. The fraction of sp³-hybridized carbons (Fsp3) is 0.375. The van der Waals surface area contributed by atoms with Crippen molar-refractivity contribution < 1.29 is 14.3 Å². The average molecular weight is 333 g/mol. The van der Waals surface area contributed by atoms with Gasteiger partial charge in [0.25, 0.3) is 5.91 Å². The lowest BCUT2D eigenvalue weighted by Crippen LogP contribution is -2.35. The van der Waals surface area contributed by atoms with Gasteiger partial charge in [-0.15, -0.1) is 11.3 Å². The van der Waals surface area contributed by atoms with E-state index in [4.69, 9.17) is 9.47 Å². The molecule has 1 atom stereocenters. The number of nitrogens with zero attached hydrogens (tertiary/aromatic N) is 1. The first-order valence-electron chi connectivity index (χ1n) is 7.41. The van der Waals surface area contributed by atoms with E-state index in [9.17, 15) is 4.79 Å². The lowest BCUT2D eigenvalue weighted by Gasteiger charge is -2.26. The third-order valence-corrected chi connectivity index (χ3v) is 4.61. The number of nitrogens with one attached hydrogen (secondary N) is 2.